The monoisotopic (exact) mass is 452 g/mol. The molecule has 0 heterocycles. The number of aliphatic hydroxyl groups is 3. The van der Waals surface area contributed by atoms with Crippen molar-refractivity contribution in [2.45, 2.75) is 84.5 Å². The maximum absolute atomic E-state index is 12.9. The lowest BCUT2D eigenvalue weighted by molar-refractivity contribution is -0.165. The van der Waals surface area contributed by atoms with Crippen LogP contribution in [0, 0.1) is 29.1 Å². The normalized spacial score (nSPS) is 29.6. The molecule has 0 saturated heterocycles. The van der Waals surface area contributed by atoms with Gasteiger partial charge in [-0.05, 0) is 63.4 Å². The molecule has 0 bridgehead atoms. The van der Waals surface area contributed by atoms with Crippen LogP contribution in [0.1, 0.15) is 66.2 Å². The number of carboxylic acids is 1. The molecule has 7 nitrogen and oxygen atoms in total. The molecule has 0 fully saturated rings. The standard InChI is InChI=1S/C25H40O7/c1-5-25(3,4)24(31)32-21-11-16(14-26)10-17-7-6-15(2)20(23(17)21)9-8-18(27)12-19(28)13-22(29)30/h6-7,10,15-16,18-21,23,26-28H,5,8-9,11-14H2,1-4H3,(H,29,30)/t15-,16?,18+,19+,20-,21-,23-/m0/s1. The fraction of sp³-hybridized carbons (Fsp3) is 0.760. The minimum absolute atomic E-state index is 0.00428. The van der Waals surface area contributed by atoms with Gasteiger partial charge in [-0.25, -0.2) is 0 Å². The van der Waals surface area contributed by atoms with E-state index in [1.807, 2.05) is 20.8 Å². The highest BCUT2D eigenvalue weighted by Gasteiger charge is 2.43. The van der Waals surface area contributed by atoms with E-state index < -0.39 is 23.6 Å². The van der Waals surface area contributed by atoms with Crippen LogP contribution in [-0.4, -0.2) is 57.3 Å². The molecule has 0 aromatic rings. The lowest BCUT2D eigenvalue weighted by atomic mass is 9.65. The second-order valence-corrected chi connectivity index (χ2v) is 10.2. The van der Waals surface area contributed by atoms with Crippen molar-refractivity contribution in [2.24, 2.45) is 29.1 Å². The molecule has 0 radical (unpaired) electrons. The van der Waals surface area contributed by atoms with Gasteiger partial charge in [0.2, 0.25) is 0 Å². The molecular weight excluding hydrogens is 412 g/mol. The Hall–Kier alpha value is -1.70. The van der Waals surface area contributed by atoms with Crippen LogP contribution in [-0.2, 0) is 14.3 Å². The number of allylic oxidation sites excluding steroid dienone is 2. The van der Waals surface area contributed by atoms with E-state index >= 15 is 0 Å². The number of aliphatic carboxylic acids is 1. The molecule has 7 heteroatoms. The van der Waals surface area contributed by atoms with Gasteiger partial charge in [0, 0.05) is 18.4 Å². The first-order valence-corrected chi connectivity index (χ1v) is 11.8. The van der Waals surface area contributed by atoms with Gasteiger partial charge in [-0.1, -0.05) is 32.1 Å². The van der Waals surface area contributed by atoms with Crippen molar-refractivity contribution < 1.29 is 34.8 Å². The van der Waals surface area contributed by atoms with E-state index in [-0.39, 0.29) is 55.2 Å². The summed E-state index contributed by atoms with van der Waals surface area (Å²) in [6.45, 7) is 7.81. The highest BCUT2D eigenvalue weighted by atomic mass is 16.5. The Kier molecular flexibility index (Phi) is 9.49. The molecule has 32 heavy (non-hydrogen) atoms. The molecule has 0 saturated carbocycles. The molecule has 0 aromatic carbocycles. The third kappa shape index (κ3) is 6.90. The number of fused-ring (bicyclic) bond motifs is 1. The van der Waals surface area contributed by atoms with Crippen LogP contribution in [0.25, 0.3) is 0 Å². The highest BCUT2D eigenvalue weighted by Crippen LogP contribution is 2.45. The van der Waals surface area contributed by atoms with Crippen LogP contribution in [0.3, 0.4) is 0 Å². The Bertz CT molecular complexity index is 711. The van der Waals surface area contributed by atoms with E-state index in [2.05, 4.69) is 25.2 Å². The van der Waals surface area contributed by atoms with Gasteiger partial charge in [-0.2, -0.15) is 0 Å². The maximum Gasteiger partial charge on any atom is 0.311 e. The van der Waals surface area contributed by atoms with E-state index in [4.69, 9.17) is 9.84 Å². The molecule has 0 spiro atoms. The number of hydrogen-bond acceptors (Lipinski definition) is 6. The summed E-state index contributed by atoms with van der Waals surface area (Å²) in [5.74, 6) is -1.09. The molecule has 2 aliphatic rings. The van der Waals surface area contributed by atoms with Crippen molar-refractivity contribution in [3.05, 3.63) is 23.8 Å². The van der Waals surface area contributed by atoms with Crippen molar-refractivity contribution in [2.75, 3.05) is 6.61 Å². The summed E-state index contributed by atoms with van der Waals surface area (Å²) in [6.07, 6.45) is 5.97. The molecular formula is C25H40O7. The van der Waals surface area contributed by atoms with E-state index in [1.54, 1.807) is 0 Å². The van der Waals surface area contributed by atoms with Gasteiger partial charge in [0.15, 0.2) is 0 Å². The van der Waals surface area contributed by atoms with Gasteiger partial charge in [0.1, 0.15) is 6.10 Å². The van der Waals surface area contributed by atoms with E-state index in [1.165, 1.54) is 0 Å². The van der Waals surface area contributed by atoms with Crippen LogP contribution >= 0.6 is 0 Å². The van der Waals surface area contributed by atoms with Gasteiger partial charge < -0.3 is 25.2 Å². The largest absolute Gasteiger partial charge is 0.481 e. The lowest BCUT2D eigenvalue weighted by Crippen LogP contribution is -2.43. The number of carbonyl (C=O) groups is 2. The molecule has 4 N–H and O–H groups in total. The fourth-order valence-electron chi connectivity index (χ4n) is 4.77. The number of esters is 1. The summed E-state index contributed by atoms with van der Waals surface area (Å²) >= 11 is 0. The summed E-state index contributed by atoms with van der Waals surface area (Å²) < 4.78 is 6.05. The molecule has 7 atom stereocenters. The third-order valence-corrected chi connectivity index (χ3v) is 7.19. The number of carboxylic acid groups (broad SMARTS) is 1. The van der Waals surface area contributed by atoms with Crippen LogP contribution in [0.2, 0.25) is 0 Å². The Balaban J connectivity index is 2.16. The summed E-state index contributed by atoms with van der Waals surface area (Å²) in [7, 11) is 0. The van der Waals surface area contributed by atoms with E-state index in [0.29, 0.717) is 25.7 Å². The van der Waals surface area contributed by atoms with Gasteiger partial charge >= 0.3 is 11.9 Å². The molecule has 2 aliphatic carbocycles. The van der Waals surface area contributed by atoms with Gasteiger partial charge in [-0.15, -0.1) is 0 Å². The van der Waals surface area contributed by atoms with Gasteiger partial charge in [-0.3, -0.25) is 9.59 Å². The quantitative estimate of drug-likeness (QED) is 0.355. The zero-order chi connectivity index (χ0) is 24.1. The zero-order valence-electron chi connectivity index (χ0n) is 19.7. The van der Waals surface area contributed by atoms with Crippen LogP contribution < -0.4 is 0 Å². The Labute approximate surface area is 191 Å². The smallest absolute Gasteiger partial charge is 0.311 e. The number of carbonyl (C=O) groups excluding carboxylic acids is 1. The number of rotatable bonds is 11. The topological polar surface area (TPSA) is 124 Å². The van der Waals surface area contributed by atoms with Crippen LogP contribution in [0.15, 0.2) is 23.8 Å². The predicted molar refractivity (Wildman–Crippen MR) is 121 cm³/mol. The molecule has 0 amide bonds. The summed E-state index contributed by atoms with van der Waals surface area (Å²) in [6, 6.07) is 0. The third-order valence-electron chi connectivity index (χ3n) is 7.19. The van der Waals surface area contributed by atoms with Crippen molar-refractivity contribution in [3.8, 4) is 0 Å². The first kappa shape index (κ1) is 26.6. The SMILES string of the molecule is CCC(C)(C)C(=O)O[C@H]1CC(CO)C=C2C=C[C@H](C)[C@H](CC[C@@H](O)C[C@@H](O)CC(=O)O)[C@H]21. The van der Waals surface area contributed by atoms with Crippen molar-refractivity contribution in [1.29, 1.82) is 0 Å². The minimum atomic E-state index is -1.09. The van der Waals surface area contributed by atoms with E-state index in [9.17, 15) is 24.9 Å². The average Bonchev–Trinajstić information content (AvgIpc) is 2.72. The van der Waals surface area contributed by atoms with Gasteiger partial charge in [0.05, 0.1) is 24.0 Å². The predicted octanol–water partition coefficient (Wildman–Crippen LogP) is 3.08. The minimum Gasteiger partial charge on any atom is -0.481 e. The van der Waals surface area contributed by atoms with Gasteiger partial charge in [0.25, 0.3) is 0 Å². The second-order valence-electron chi connectivity index (χ2n) is 10.2. The van der Waals surface area contributed by atoms with Crippen LogP contribution in [0.5, 0.6) is 0 Å². The first-order valence-electron chi connectivity index (χ1n) is 11.8. The molecule has 182 valence electrons. The molecule has 2 rings (SSSR count). The second kappa shape index (κ2) is 11.4. The van der Waals surface area contributed by atoms with Crippen LogP contribution in [0.4, 0.5) is 0 Å². The molecule has 0 aliphatic heterocycles. The van der Waals surface area contributed by atoms with Crippen molar-refractivity contribution in [1.82, 2.24) is 0 Å². The number of hydrogen-bond donors (Lipinski definition) is 4. The average molecular weight is 453 g/mol. The Morgan fingerprint density at radius 1 is 1.25 bits per heavy atom. The summed E-state index contributed by atoms with van der Waals surface area (Å²) in [5, 5.41) is 38.8. The Morgan fingerprint density at radius 3 is 2.53 bits per heavy atom. The summed E-state index contributed by atoms with van der Waals surface area (Å²) in [5.41, 5.74) is 0.476. The zero-order valence-corrected chi connectivity index (χ0v) is 19.7. The summed E-state index contributed by atoms with van der Waals surface area (Å²) in [4.78, 5) is 23.6. The maximum atomic E-state index is 12.9. The lowest BCUT2D eigenvalue weighted by Gasteiger charge is -2.44. The molecule has 1 unspecified atom stereocenters. The highest BCUT2D eigenvalue weighted by molar-refractivity contribution is 5.76. The fourth-order valence-corrected chi connectivity index (χ4v) is 4.77. The van der Waals surface area contributed by atoms with E-state index in [0.717, 1.165) is 5.57 Å². The first-order chi connectivity index (χ1) is 15.0. The molecule has 0 aromatic heterocycles. The van der Waals surface area contributed by atoms with Crippen molar-refractivity contribution >= 4 is 11.9 Å². The number of aliphatic hydroxyl groups excluding tert-OH is 3. The number of ether oxygens (including phenoxy) is 1. The Morgan fingerprint density at radius 2 is 1.94 bits per heavy atom. The van der Waals surface area contributed by atoms with Crippen molar-refractivity contribution in [3.63, 3.8) is 0 Å².